The molecule has 4 unspecified atom stereocenters. The molecule has 1 aromatic rings. The number of hydrogen-bond donors (Lipinski definition) is 3. The normalized spacial score (nSPS) is 30.3. The molecule has 3 aliphatic heterocycles. The monoisotopic (exact) mass is 396 g/mol. The van der Waals surface area contributed by atoms with Crippen molar-refractivity contribution in [2.24, 2.45) is 11.8 Å². The van der Waals surface area contributed by atoms with Crippen molar-refractivity contribution >= 4 is 24.1 Å². The minimum atomic E-state index is -0.350. The van der Waals surface area contributed by atoms with Crippen LogP contribution in [0.25, 0.3) is 0 Å². The van der Waals surface area contributed by atoms with E-state index in [1.807, 2.05) is 4.90 Å². The second kappa shape index (κ2) is 8.65. The maximum Gasteiger partial charge on any atom is 0.241 e. The van der Waals surface area contributed by atoms with Crippen molar-refractivity contribution in [1.82, 2.24) is 21.1 Å². The number of carbonyl (C=O) groups excluding carboxylic acids is 2. The van der Waals surface area contributed by atoms with E-state index in [1.165, 1.54) is 24.3 Å². The Hall–Kier alpha value is -1.54. The number of piperidine rings is 2. The molecule has 0 spiro atoms. The summed E-state index contributed by atoms with van der Waals surface area (Å²) in [4.78, 5) is 27.6. The summed E-state index contributed by atoms with van der Waals surface area (Å²) in [6.45, 7) is 2.93. The number of Topliss-reactive ketones (excluding diaryl/α,β-unsaturated/α-hetero) is 1. The molecule has 4 rings (SSSR count). The summed E-state index contributed by atoms with van der Waals surface area (Å²) in [7, 11) is 0. The molecule has 4 atom stereocenters. The second-order valence-electron chi connectivity index (χ2n) is 7.52. The molecule has 0 aliphatic carbocycles. The van der Waals surface area contributed by atoms with Crippen LogP contribution in [0.3, 0.4) is 0 Å². The van der Waals surface area contributed by atoms with Crippen LogP contribution in [0.4, 0.5) is 4.39 Å². The molecule has 148 valence electrons. The number of amides is 1. The van der Waals surface area contributed by atoms with Gasteiger partial charge >= 0.3 is 0 Å². The minimum absolute atomic E-state index is 0. The van der Waals surface area contributed by atoms with Gasteiger partial charge in [0.25, 0.3) is 0 Å². The molecule has 0 bridgehead atoms. The smallest absolute Gasteiger partial charge is 0.241 e. The summed E-state index contributed by atoms with van der Waals surface area (Å²) in [5.74, 6) is -0.253. The van der Waals surface area contributed by atoms with Gasteiger partial charge in [-0.25, -0.2) is 9.82 Å². The van der Waals surface area contributed by atoms with Crippen LogP contribution in [0.2, 0.25) is 0 Å². The van der Waals surface area contributed by atoms with Crippen molar-refractivity contribution in [1.29, 1.82) is 0 Å². The number of rotatable bonds is 3. The molecule has 6 nitrogen and oxygen atoms in total. The van der Waals surface area contributed by atoms with Gasteiger partial charge < -0.3 is 10.2 Å². The SMILES string of the molecule is Cl.O=C(c1ccc(F)cc1)C1CCCN(C(=O)C2NNC3CCNCC32)C1. The van der Waals surface area contributed by atoms with Gasteiger partial charge in [0.05, 0.1) is 0 Å². The zero-order valence-electron chi connectivity index (χ0n) is 15.1. The molecule has 3 saturated heterocycles. The van der Waals surface area contributed by atoms with E-state index in [1.54, 1.807) is 0 Å². The summed E-state index contributed by atoms with van der Waals surface area (Å²) >= 11 is 0. The maximum absolute atomic E-state index is 13.1. The molecule has 0 radical (unpaired) electrons. The van der Waals surface area contributed by atoms with E-state index in [0.717, 1.165) is 32.4 Å². The Morgan fingerprint density at radius 1 is 1.11 bits per heavy atom. The second-order valence-corrected chi connectivity index (χ2v) is 7.52. The molecule has 3 aliphatic rings. The number of halogens is 2. The Labute approximate surface area is 164 Å². The Morgan fingerprint density at radius 2 is 1.89 bits per heavy atom. The average molecular weight is 397 g/mol. The van der Waals surface area contributed by atoms with Gasteiger partial charge in [0.15, 0.2) is 5.78 Å². The van der Waals surface area contributed by atoms with Crippen molar-refractivity contribution in [3.8, 4) is 0 Å². The Morgan fingerprint density at radius 3 is 2.67 bits per heavy atom. The summed E-state index contributed by atoms with van der Waals surface area (Å²) in [5.41, 5.74) is 6.94. The van der Waals surface area contributed by atoms with Gasteiger partial charge in [0.1, 0.15) is 11.9 Å². The molecule has 27 heavy (non-hydrogen) atoms. The number of carbonyl (C=O) groups is 2. The largest absolute Gasteiger partial charge is 0.341 e. The van der Waals surface area contributed by atoms with Gasteiger partial charge in [0.2, 0.25) is 5.91 Å². The number of hydrazine groups is 1. The first-order chi connectivity index (χ1) is 12.6. The molecule has 1 aromatic carbocycles. The fraction of sp³-hybridized carbons (Fsp3) is 0.579. The third kappa shape index (κ3) is 4.16. The molecular formula is C19H26ClFN4O2. The van der Waals surface area contributed by atoms with Crippen molar-refractivity contribution in [2.45, 2.75) is 31.3 Å². The van der Waals surface area contributed by atoms with E-state index in [4.69, 9.17) is 0 Å². The van der Waals surface area contributed by atoms with Gasteiger partial charge in [-0.15, -0.1) is 12.4 Å². The first-order valence-electron chi connectivity index (χ1n) is 9.44. The average Bonchev–Trinajstić information content (AvgIpc) is 3.12. The first kappa shape index (κ1) is 20.2. The Kier molecular flexibility index (Phi) is 6.47. The van der Waals surface area contributed by atoms with Crippen molar-refractivity contribution in [3.63, 3.8) is 0 Å². The number of ketones is 1. The third-order valence-corrected chi connectivity index (χ3v) is 5.88. The van der Waals surface area contributed by atoms with E-state index in [2.05, 4.69) is 16.2 Å². The molecule has 1 amide bonds. The van der Waals surface area contributed by atoms with Gasteiger partial charge in [-0.3, -0.25) is 15.0 Å². The predicted octanol–water partition coefficient (Wildman–Crippen LogP) is 1.12. The lowest BCUT2D eigenvalue weighted by atomic mass is 9.87. The predicted molar refractivity (Wildman–Crippen MR) is 102 cm³/mol. The van der Waals surface area contributed by atoms with Crippen molar-refractivity contribution in [2.75, 3.05) is 26.2 Å². The topological polar surface area (TPSA) is 73.5 Å². The molecule has 8 heteroatoms. The quantitative estimate of drug-likeness (QED) is 0.668. The summed E-state index contributed by atoms with van der Waals surface area (Å²) in [6.07, 6.45) is 2.59. The number of hydrogen-bond acceptors (Lipinski definition) is 5. The molecule has 3 N–H and O–H groups in total. The zero-order chi connectivity index (χ0) is 18.1. The van der Waals surface area contributed by atoms with E-state index >= 15 is 0 Å². The lowest BCUT2D eigenvalue weighted by molar-refractivity contribution is -0.135. The van der Waals surface area contributed by atoms with Crippen LogP contribution in [0.15, 0.2) is 24.3 Å². The van der Waals surface area contributed by atoms with Gasteiger partial charge in [-0.1, -0.05) is 0 Å². The zero-order valence-corrected chi connectivity index (χ0v) is 15.9. The molecular weight excluding hydrogens is 371 g/mol. The highest BCUT2D eigenvalue weighted by Gasteiger charge is 2.43. The fourth-order valence-corrected chi connectivity index (χ4v) is 4.40. The van der Waals surface area contributed by atoms with Crippen LogP contribution < -0.4 is 16.2 Å². The third-order valence-electron chi connectivity index (χ3n) is 5.88. The number of nitrogens with zero attached hydrogens (tertiary/aromatic N) is 1. The lowest BCUT2D eigenvalue weighted by Crippen LogP contribution is -2.53. The summed E-state index contributed by atoms with van der Waals surface area (Å²) in [6, 6.07) is 5.75. The van der Waals surface area contributed by atoms with Crippen LogP contribution in [-0.4, -0.2) is 54.9 Å². The Bertz CT molecular complexity index is 687. The van der Waals surface area contributed by atoms with Crippen LogP contribution in [-0.2, 0) is 4.79 Å². The van der Waals surface area contributed by atoms with E-state index < -0.39 is 0 Å². The van der Waals surface area contributed by atoms with Gasteiger partial charge in [-0.05, 0) is 50.1 Å². The van der Waals surface area contributed by atoms with Crippen molar-refractivity contribution < 1.29 is 14.0 Å². The number of nitrogens with one attached hydrogen (secondary N) is 3. The fourth-order valence-electron chi connectivity index (χ4n) is 4.40. The first-order valence-corrected chi connectivity index (χ1v) is 9.44. The minimum Gasteiger partial charge on any atom is -0.341 e. The number of benzene rings is 1. The van der Waals surface area contributed by atoms with Crippen molar-refractivity contribution in [3.05, 3.63) is 35.6 Å². The van der Waals surface area contributed by atoms with E-state index in [9.17, 15) is 14.0 Å². The molecule has 0 saturated carbocycles. The van der Waals surface area contributed by atoms with Crippen LogP contribution in [0.5, 0.6) is 0 Å². The molecule has 0 aromatic heterocycles. The lowest BCUT2D eigenvalue weighted by Gasteiger charge is -2.35. The van der Waals surface area contributed by atoms with Crippen LogP contribution in [0.1, 0.15) is 29.6 Å². The van der Waals surface area contributed by atoms with Crippen LogP contribution >= 0.6 is 12.4 Å². The standard InChI is InChI=1S/C19H25FN4O2.ClH/c20-14-5-3-12(4-6-14)18(25)13-2-1-9-24(11-13)19(26)17-15-10-21-8-7-16(15)22-23-17;/h3-6,13,15-17,21-23H,1-2,7-11H2;1H. The summed E-state index contributed by atoms with van der Waals surface area (Å²) in [5, 5.41) is 3.36. The van der Waals surface area contributed by atoms with Gasteiger partial charge in [-0.2, -0.15) is 0 Å². The van der Waals surface area contributed by atoms with E-state index in [0.29, 0.717) is 24.7 Å². The highest BCUT2D eigenvalue weighted by atomic mass is 35.5. The maximum atomic E-state index is 13.1. The molecule has 3 fully saturated rings. The van der Waals surface area contributed by atoms with Crippen LogP contribution in [0, 0.1) is 17.7 Å². The highest BCUT2D eigenvalue weighted by molar-refractivity contribution is 5.98. The van der Waals surface area contributed by atoms with E-state index in [-0.39, 0.29) is 47.8 Å². The van der Waals surface area contributed by atoms with Gasteiger partial charge in [0, 0.05) is 43.1 Å². The molecule has 3 heterocycles. The number of likely N-dealkylation sites (tertiary alicyclic amines) is 1. The summed E-state index contributed by atoms with van der Waals surface area (Å²) < 4.78 is 13.1. The Balaban J connectivity index is 0.00000210. The highest BCUT2D eigenvalue weighted by Crippen LogP contribution is 2.25. The number of fused-ring (bicyclic) bond motifs is 1.